The predicted octanol–water partition coefficient (Wildman–Crippen LogP) is 2.80. The number of hydrazone groups is 1. The molecular weight excluding hydrogens is 326 g/mol. The Hall–Kier alpha value is -1.92. The maximum Gasteiger partial charge on any atom is 0.268 e. The second-order valence-corrected chi connectivity index (χ2v) is 7.25. The molecule has 2 heterocycles. The third-order valence-corrected chi connectivity index (χ3v) is 5.00. The number of para-hydroxylation sites is 1. The number of likely N-dealkylation sites (tertiary alicyclic amines) is 2. The Bertz CT molecular complexity index is 545. The first-order valence-electron chi connectivity index (χ1n) is 9.89. The molecular formula is C20H31N5O. The van der Waals surface area contributed by atoms with Gasteiger partial charge in [0.2, 0.25) is 0 Å². The zero-order valence-corrected chi connectivity index (χ0v) is 15.6. The fourth-order valence-electron chi connectivity index (χ4n) is 3.61. The van der Waals surface area contributed by atoms with Crippen molar-refractivity contribution in [2.45, 2.75) is 38.5 Å². The highest BCUT2D eigenvalue weighted by Gasteiger charge is 2.17. The molecule has 1 aromatic rings. The highest BCUT2D eigenvalue weighted by Crippen LogP contribution is 2.12. The van der Waals surface area contributed by atoms with Crippen molar-refractivity contribution < 1.29 is 4.79 Å². The van der Waals surface area contributed by atoms with Gasteiger partial charge in [0.25, 0.3) is 5.91 Å². The quantitative estimate of drug-likeness (QED) is 0.602. The Morgan fingerprint density at radius 1 is 0.923 bits per heavy atom. The van der Waals surface area contributed by atoms with E-state index in [0.29, 0.717) is 0 Å². The van der Waals surface area contributed by atoms with Crippen LogP contribution in [0.15, 0.2) is 35.4 Å². The van der Waals surface area contributed by atoms with E-state index in [-0.39, 0.29) is 5.91 Å². The summed E-state index contributed by atoms with van der Waals surface area (Å²) in [5.41, 5.74) is 0.794. The van der Waals surface area contributed by atoms with Gasteiger partial charge in [0.05, 0.1) is 13.3 Å². The first kappa shape index (κ1) is 18.9. The van der Waals surface area contributed by atoms with Crippen LogP contribution in [0.25, 0.3) is 0 Å². The van der Waals surface area contributed by atoms with Gasteiger partial charge in [-0.05, 0) is 64.0 Å². The lowest BCUT2D eigenvalue weighted by atomic mass is 10.1. The molecule has 2 saturated heterocycles. The van der Waals surface area contributed by atoms with E-state index in [1.165, 1.54) is 44.7 Å². The van der Waals surface area contributed by atoms with Crippen molar-refractivity contribution in [3.05, 3.63) is 30.3 Å². The summed E-state index contributed by atoms with van der Waals surface area (Å²) in [6, 6.07) is 9.51. The fraction of sp³-hybridized carbons (Fsp3) is 0.600. The van der Waals surface area contributed by atoms with E-state index < -0.39 is 0 Å². The second kappa shape index (κ2) is 10.3. The van der Waals surface area contributed by atoms with E-state index in [2.05, 4.69) is 20.2 Å². The molecule has 0 atom stereocenters. The molecule has 26 heavy (non-hydrogen) atoms. The number of benzene rings is 1. The van der Waals surface area contributed by atoms with Crippen LogP contribution in [0, 0.1) is 0 Å². The van der Waals surface area contributed by atoms with Crippen LogP contribution in [0.4, 0.5) is 5.69 Å². The minimum absolute atomic E-state index is 0.182. The van der Waals surface area contributed by atoms with Gasteiger partial charge in [-0.2, -0.15) is 5.10 Å². The summed E-state index contributed by atoms with van der Waals surface area (Å²) in [6.07, 6.45) is 9.11. The van der Waals surface area contributed by atoms with E-state index in [4.69, 9.17) is 0 Å². The highest BCUT2D eigenvalue weighted by molar-refractivity contribution is 6.31. The van der Waals surface area contributed by atoms with Crippen LogP contribution in [0.1, 0.15) is 38.5 Å². The Labute approximate surface area is 156 Å². The number of anilines is 1. The summed E-state index contributed by atoms with van der Waals surface area (Å²) in [7, 11) is 0. The summed E-state index contributed by atoms with van der Waals surface area (Å²) in [5.74, 6) is -0.182. The Morgan fingerprint density at radius 3 is 2.00 bits per heavy atom. The second-order valence-electron chi connectivity index (χ2n) is 7.25. The average molecular weight is 358 g/mol. The largest absolute Gasteiger partial charge is 0.321 e. The van der Waals surface area contributed by atoms with Gasteiger partial charge in [-0.1, -0.05) is 31.0 Å². The molecule has 0 saturated carbocycles. The first-order valence-corrected chi connectivity index (χ1v) is 9.89. The number of carbonyl (C=O) groups is 1. The van der Waals surface area contributed by atoms with Crippen molar-refractivity contribution in [2.75, 3.05) is 44.8 Å². The Balaban J connectivity index is 1.56. The lowest BCUT2D eigenvalue weighted by Crippen LogP contribution is -2.44. The molecule has 2 aliphatic heterocycles. The summed E-state index contributed by atoms with van der Waals surface area (Å²) >= 11 is 0. The maximum atomic E-state index is 12.2. The summed E-state index contributed by atoms with van der Waals surface area (Å²) < 4.78 is 0. The molecule has 0 spiro atoms. The van der Waals surface area contributed by atoms with Crippen LogP contribution < -0.4 is 5.32 Å². The molecule has 0 radical (unpaired) electrons. The number of hydrogen-bond acceptors (Lipinski definition) is 5. The number of carbonyl (C=O) groups excluding carboxylic acids is 1. The van der Waals surface area contributed by atoms with Crippen molar-refractivity contribution in [2.24, 2.45) is 5.10 Å². The molecule has 1 N–H and O–H groups in total. The van der Waals surface area contributed by atoms with Gasteiger partial charge in [-0.25, -0.2) is 0 Å². The van der Waals surface area contributed by atoms with Crippen LogP contribution in [0.5, 0.6) is 0 Å². The molecule has 0 bridgehead atoms. The van der Waals surface area contributed by atoms with Crippen molar-refractivity contribution in [3.63, 3.8) is 0 Å². The molecule has 1 aromatic carbocycles. The van der Waals surface area contributed by atoms with E-state index in [0.717, 1.165) is 45.2 Å². The number of hydrogen-bond donors (Lipinski definition) is 1. The number of piperidine rings is 2. The summed E-state index contributed by atoms with van der Waals surface area (Å²) in [4.78, 5) is 17.1. The van der Waals surface area contributed by atoms with Gasteiger partial charge in [0.1, 0.15) is 6.21 Å². The van der Waals surface area contributed by atoms with Crippen molar-refractivity contribution in [3.8, 4) is 0 Å². The minimum atomic E-state index is -0.182. The van der Waals surface area contributed by atoms with Gasteiger partial charge in [0, 0.05) is 5.69 Å². The molecule has 3 rings (SSSR count). The van der Waals surface area contributed by atoms with Crippen LogP contribution in [-0.2, 0) is 4.79 Å². The first-order chi connectivity index (χ1) is 12.8. The van der Waals surface area contributed by atoms with Gasteiger partial charge >= 0.3 is 0 Å². The van der Waals surface area contributed by atoms with Crippen LogP contribution in [-0.4, -0.2) is 66.4 Å². The molecule has 0 aromatic heterocycles. The van der Waals surface area contributed by atoms with Crippen LogP contribution in [0.2, 0.25) is 0 Å². The molecule has 0 unspecified atom stereocenters. The zero-order chi connectivity index (χ0) is 18.0. The van der Waals surface area contributed by atoms with Gasteiger partial charge < -0.3 is 5.32 Å². The van der Waals surface area contributed by atoms with E-state index in [1.807, 2.05) is 35.3 Å². The molecule has 142 valence electrons. The predicted molar refractivity (Wildman–Crippen MR) is 106 cm³/mol. The van der Waals surface area contributed by atoms with E-state index in [9.17, 15) is 4.79 Å². The maximum absolute atomic E-state index is 12.2. The lowest BCUT2D eigenvalue weighted by Gasteiger charge is -2.35. The van der Waals surface area contributed by atoms with E-state index in [1.54, 1.807) is 0 Å². The van der Waals surface area contributed by atoms with Gasteiger partial charge in [-0.15, -0.1) is 0 Å². The van der Waals surface area contributed by atoms with Crippen molar-refractivity contribution in [1.82, 2.24) is 14.8 Å². The molecule has 2 aliphatic rings. The number of nitrogens with zero attached hydrogens (tertiary/aromatic N) is 4. The normalized spacial score (nSPS) is 19.5. The Kier molecular flexibility index (Phi) is 7.46. The summed E-state index contributed by atoms with van der Waals surface area (Å²) in [6.45, 7) is 6.10. The number of nitrogens with one attached hydrogen (secondary N) is 1. The standard InChI is InChI=1S/C20H31N5O/c26-20(22-19-10-4-1-5-11-19)16-21-25(17-23-12-6-2-7-13-23)18-24-14-8-3-9-15-24/h1,4-5,10-11,16H,2-3,6-9,12-15,17-18H2,(H,22,26)/b21-16-. The highest BCUT2D eigenvalue weighted by atomic mass is 16.1. The SMILES string of the molecule is O=C(/C=N\N(CN1CCCCC1)CN1CCCCC1)Nc1ccccc1. The monoisotopic (exact) mass is 357 g/mol. The number of rotatable bonds is 7. The van der Waals surface area contributed by atoms with Gasteiger partial charge in [0.15, 0.2) is 0 Å². The summed E-state index contributed by atoms with van der Waals surface area (Å²) in [5, 5.41) is 9.43. The molecule has 6 nitrogen and oxygen atoms in total. The number of amides is 1. The van der Waals surface area contributed by atoms with Crippen molar-refractivity contribution >= 4 is 17.8 Å². The minimum Gasteiger partial charge on any atom is -0.321 e. The molecule has 2 fully saturated rings. The van der Waals surface area contributed by atoms with Crippen LogP contribution >= 0.6 is 0 Å². The third kappa shape index (κ3) is 6.42. The van der Waals surface area contributed by atoms with E-state index >= 15 is 0 Å². The Morgan fingerprint density at radius 2 is 1.46 bits per heavy atom. The van der Waals surface area contributed by atoms with Crippen LogP contribution in [0.3, 0.4) is 0 Å². The zero-order valence-electron chi connectivity index (χ0n) is 15.6. The topological polar surface area (TPSA) is 51.2 Å². The van der Waals surface area contributed by atoms with Gasteiger partial charge in [-0.3, -0.25) is 19.6 Å². The smallest absolute Gasteiger partial charge is 0.268 e. The molecule has 6 heteroatoms. The average Bonchev–Trinajstić information content (AvgIpc) is 2.68. The van der Waals surface area contributed by atoms with Crippen molar-refractivity contribution in [1.29, 1.82) is 0 Å². The fourth-order valence-corrected chi connectivity index (χ4v) is 3.61. The lowest BCUT2D eigenvalue weighted by molar-refractivity contribution is -0.110. The molecule has 1 amide bonds. The third-order valence-electron chi connectivity index (χ3n) is 5.00. The molecule has 0 aliphatic carbocycles.